The number of amides is 1. The molecule has 0 bridgehead atoms. The van der Waals surface area contributed by atoms with E-state index in [4.69, 9.17) is 0 Å². The monoisotopic (exact) mass is 258 g/mol. The van der Waals surface area contributed by atoms with Gasteiger partial charge in [-0.2, -0.15) is 0 Å². The van der Waals surface area contributed by atoms with Crippen LogP contribution in [0.5, 0.6) is 0 Å². The molecule has 0 radical (unpaired) electrons. The Hall–Kier alpha value is -1.64. The fraction of sp³-hybridized carbons (Fsp3) is 0.500. The third-order valence-electron chi connectivity index (χ3n) is 3.37. The van der Waals surface area contributed by atoms with Crippen molar-refractivity contribution in [3.05, 3.63) is 29.8 Å². The highest BCUT2D eigenvalue weighted by Crippen LogP contribution is 2.31. The normalized spacial score (nSPS) is 19.6. The molecule has 1 atom stereocenters. The van der Waals surface area contributed by atoms with Gasteiger partial charge in [0.25, 0.3) is 5.91 Å². The second kappa shape index (κ2) is 4.80. The first-order chi connectivity index (χ1) is 8.82. The van der Waals surface area contributed by atoms with Crippen LogP contribution >= 0.6 is 0 Å². The molecule has 1 aliphatic rings. The number of benzodiazepines with no additional fused rings is 1. The standard InChI is InChI=1S/C16H22N2O/c1-11(2)18-13-9-7-6-8-12(13)10-17-14(15(18)19)16(3,4)5/h6-11,14H,1-5H3. The van der Waals surface area contributed by atoms with E-state index in [1.54, 1.807) is 0 Å². The Morgan fingerprint density at radius 1 is 1.21 bits per heavy atom. The number of hydrogen-bond donors (Lipinski definition) is 0. The summed E-state index contributed by atoms with van der Waals surface area (Å²) in [6.45, 7) is 10.3. The summed E-state index contributed by atoms with van der Waals surface area (Å²) in [5, 5.41) is 0. The predicted molar refractivity (Wildman–Crippen MR) is 79.9 cm³/mol. The fourth-order valence-electron chi connectivity index (χ4n) is 2.41. The van der Waals surface area contributed by atoms with Crippen molar-refractivity contribution in [2.75, 3.05) is 4.90 Å². The predicted octanol–water partition coefficient (Wildman–Crippen LogP) is 3.28. The Balaban J connectivity index is 2.56. The third-order valence-corrected chi connectivity index (χ3v) is 3.37. The van der Waals surface area contributed by atoms with Gasteiger partial charge in [-0.3, -0.25) is 9.79 Å². The summed E-state index contributed by atoms with van der Waals surface area (Å²) in [5.41, 5.74) is 1.79. The van der Waals surface area contributed by atoms with Gasteiger partial charge >= 0.3 is 0 Å². The highest BCUT2D eigenvalue weighted by atomic mass is 16.2. The first kappa shape index (κ1) is 13.8. The van der Waals surface area contributed by atoms with Gasteiger partial charge in [0.05, 0.1) is 5.69 Å². The number of aliphatic imine (C=N–C) groups is 1. The Morgan fingerprint density at radius 2 is 1.84 bits per heavy atom. The second-order valence-corrected chi connectivity index (χ2v) is 6.41. The van der Waals surface area contributed by atoms with Crippen LogP contribution in [0.1, 0.15) is 40.2 Å². The number of hydrogen-bond acceptors (Lipinski definition) is 2. The van der Waals surface area contributed by atoms with Crippen LogP contribution in [0.15, 0.2) is 29.3 Å². The average molecular weight is 258 g/mol. The molecule has 19 heavy (non-hydrogen) atoms. The molecule has 0 N–H and O–H groups in total. The highest BCUT2D eigenvalue weighted by Gasteiger charge is 2.37. The van der Waals surface area contributed by atoms with E-state index < -0.39 is 0 Å². The molecule has 0 aromatic heterocycles. The van der Waals surface area contributed by atoms with Gasteiger partial charge in [-0.1, -0.05) is 39.0 Å². The molecule has 3 heteroatoms. The van der Waals surface area contributed by atoms with Gasteiger partial charge in [0.1, 0.15) is 6.04 Å². The minimum Gasteiger partial charge on any atom is -0.307 e. The summed E-state index contributed by atoms with van der Waals surface area (Å²) < 4.78 is 0. The minimum absolute atomic E-state index is 0.0868. The third kappa shape index (κ3) is 2.55. The summed E-state index contributed by atoms with van der Waals surface area (Å²) in [6.07, 6.45) is 1.84. The number of carbonyl (C=O) groups is 1. The van der Waals surface area contributed by atoms with E-state index >= 15 is 0 Å². The Labute approximate surface area is 115 Å². The lowest BCUT2D eigenvalue weighted by Gasteiger charge is -2.33. The van der Waals surface area contributed by atoms with Gasteiger partial charge in [0.2, 0.25) is 0 Å². The highest BCUT2D eigenvalue weighted by molar-refractivity contribution is 6.05. The number of nitrogens with zero attached hydrogens (tertiary/aromatic N) is 2. The van der Waals surface area contributed by atoms with E-state index in [0.717, 1.165) is 11.3 Å². The van der Waals surface area contributed by atoms with Gasteiger partial charge in [-0.15, -0.1) is 0 Å². The largest absolute Gasteiger partial charge is 0.307 e. The van der Waals surface area contributed by atoms with Gasteiger partial charge in [-0.25, -0.2) is 0 Å². The lowest BCUT2D eigenvalue weighted by Crippen LogP contribution is -2.47. The molecule has 0 saturated carbocycles. The number of carbonyl (C=O) groups excluding carboxylic acids is 1. The molecule has 1 aromatic rings. The first-order valence-corrected chi connectivity index (χ1v) is 6.77. The van der Waals surface area contributed by atoms with Crippen LogP contribution in [0.4, 0.5) is 5.69 Å². The Kier molecular flexibility index (Phi) is 3.48. The molecule has 3 nitrogen and oxygen atoms in total. The summed E-state index contributed by atoms with van der Waals surface area (Å²) in [4.78, 5) is 19.2. The zero-order valence-corrected chi connectivity index (χ0v) is 12.3. The maximum atomic E-state index is 12.8. The van der Waals surface area contributed by atoms with Crippen LogP contribution in [-0.4, -0.2) is 24.2 Å². The fourth-order valence-corrected chi connectivity index (χ4v) is 2.41. The van der Waals surface area contributed by atoms with E-state index in [1.165, 1.54) is 0 Å². The second-order valence-electron chi connectivity index (χ2n) is 6.41. The van der Waals surface area contributed by atoms with E-state index in [-0.39, 0.29) is 23.4 Å². The average Bonchev–Trinajstić information content (AvgIpc) is 2.43. The van der Waals surface area contributed by atoms with Gasteiger partial charge in [-0.05, 0) is 25.3 Å². The molecule has 0 aliphatic carbocycles. The minimum atomic E-state index is -0.331. The molecule has 102 valence electrons. The molecule has 2 rings (SSSR count). The number of anilines is 1. The maximum Gasteiger partial charge on any atom is 0.252 e. The van der Waals surface area contributed by atoms with Crippen molar-refractivity contribution in [1.29, 1.82) is 0 Å². The van der Waals surface area contributed by atoms with Crippen molar-refractivity contribution < 1.29 is 4.79 Å². The van der Waals surface area contributed by atoms with Crippen LogP contribution in [0.25, 0.3) is 0 Å². The summed E-state index contributed by atoms with van der Waals surface area (Å²) in [5.74, 6) is 0.0868. The van der Waals surface area contributed by atoms with Crippen molar-refractivity contribution in [2.24, 2.45) is 10.4 Å². The molecule has 0 fully saturated rings. The van der Waals surface area contributed by atoms with Crippen LogP contribution in [0.2, 0.25) is 0 Å². The van der Waals surface area contributed by atoms with Crippen LogP contribution in [0, 0.1) is 5.41 Å². The van der Waals surface area contributed by atoms with Gasteiger partial charge in [0, 0.05) is 17.8 Å². The maximum absolute atomic E-state index is 12.8. The number of rotatable bonds is 1. The van der Waals surface area contributed by atoms with E-state index in [2.05, 4.69) is 25.8 Å². The quantitative estimate of drug-likeness (QED) is 0.761. The van der Waals surface area contributed by atoms with Crippen molar-refractivity contribution in [1.82, 2.24) is 0 Å². The van der Waals surface area contributed by atoms with E-state index in [0.29, 0.717) is 0 Å². The van der Waals surface area contributed by atoms with E-state index in [1.807, 2.05) is 49.2 Å². The molecule has 0 spiro atoms. The number of fused-ring (bicyclic) bond motifs is 1. The number of para-hydroxylation sites is 1. The van der Waals surface area contributed by atoms with Crippen molar-refractivity contribution >= 4 is 17.8 Å². The molecule has 1 unspecified atom stereocenters. The molecule has 1 aromatic carbocycles. The lowest BCUT2D eigenvalue weighted by molar-refractivity contribution is -0.122. The van der Waals surface area contributed by atoms with Gasteiger partial charge in [0.15, 0.2) is 0 Å². The van der Waals surface area contributed by atoms with Crippen molar-refractivity contribution in [3.63, 3.8) is 0 Å². The molecular weight excluding hydrogens is 236 g/mol. The van der Waals surface area contributed by atoms with Crippen LogP contribution in [0.3, 0.4) is 0 Å². The first-order valence-electron chi connectivity index (χ1n) is 6.77. The lowest BCUT2D eigenvalue weighted by atomic mass is 9.86. The topological polar surface area (TPSA) is 32.7 Å². The van der Waals surface area contributed by atoms with Crippen LogP contribution < -0.4 is 4.90 Å². The van der Waals surface area contributed by atoms with Crippen LogP contribution in [-0.2, 0) is 4.79 Å². The number of benzene rings is 1. The van der Waals surface area contributed by atoms with Gasteiger partial charge < -0.3 is 4.90 Å². The Bertz CT molecular complexity index is 512. The molecule has 1 amide bonds. The molecule has 1 aliphatic heterocycles. The summed E-state index contributed by atoms with van der Waals surface area (Å²) >= 11 is 0. The SMILES string of the molecule is CC(C)N1C(=O)C(C(C)(C)C)N=Cc2ccccc21. The van der Waals surface area contributed by atoms with Crippen molar-refractivity contribution in [3.8, 4) is 0 Å². The summed E-state index contributed by atoms with van der Waals surface area (Å²) in [7, 11) is 0. The summed E-state index contributed by atoms with van der Waals surface area (Å²) in [6, 6.07) is 7.73. The molecule has 0 saturated heterocycles. The zero-order valence-electron chi connectivity index (χ0n) is 12.3. The molecule has 1 heterocycles. The zero-order chi connectivity index (χ0) is 14.2. The Morgan fingerprint density at radius 3 is 2.42 bits per heavy atom. The van der Waals surface area contributed by atoms with Crippen molar-refractivity contribution in [2.45, 2.75) is 46.7 Å². The molecular formula is C16H22N2O. The smallest absolute Gasteiger partial charge is 0.252 e. The van der Waals surface area contributed by atoms with E-state index in [9.17, 15) is 4.79 Å².